The zero-order valence-corrected chi connectivity index (χ0v) is 13.0. The Morgan fingerprint density at radius 2 is 1.70 bits per heavy atom. The highest BCUT2D eigenvalue weighted by Crippen LogP contribution is 2.56. The van der Waals surface area contributed by atoms with E-state index in [9.17, 15) is 8.42 Å². The Morgan fingerprint density at radius 3 is 2.20 bits per heavy atom. The molecule has 114 valence electrons. The van der Waals surface area contributed by atoms with Crippen LogP contribution in [0.5, 0.6) is 0 Å². The number of hydrogen-bond donors (Lipinski definition) is 1. The fourth-order valence-electron chi connectivity index (χ4n) is 4.89. The van der Waals surface area contributed by atoms with E-state index in [1.54, 1.807) is 6.92 Å². The molecule has 5 heteroatoms. The standard InChI is InChI=1S/C15H25NO3S/c1-2-5-20(17,18)16-3-4-19-15-9-12-6-13(10-15)8-14(7-12)11-15/h2,5,12-14,16H,3-4,6-11H2,1H3. The molecule has 0 radical (unpaired) electrons. The summed E-state index contributed by atoms with van der Waals surface area (Å²) in [6.07, 6.45) is 9.31. The number of allylic oxidation sites excluding steroid dienone is 1. The number of sulfonamides is 1. The van der Waals surface area contributed by atoms with Crippen molar-refractivity contribution in [1.29, 1.82) is 0 Å². The van der Waals surface area contributed by atoms with Gasteiger partial charge in [0.25, 0.3) is 0 Å². The van der Waals surface area contributed by atoms with Crippen molar-refractivity contribution in [2.45, 2.75) is 51.0 Å². The van der Waals surface area contributed by atoms with Gasteiger partial charge >= 0.3 is 0 Å². The van der Waals surface area contributed by atoms with E-state index in [1.807, 2.05) is 0 Å². The first-order valence-electron chi connectivity index (χ1n) is 7.77. The summed E-state index contributed by atoms with van der Waals surface area (Å²) >= 11 is 0. The summed E-state index contributed by atoms with van der Waals surface area (Å²) in [7, 11) is -3.27. The quantitative estimate of drug-likeness (QED) is 0.766. The Labute approximate surface area is 122 Å². The molecule has 0 atom stereocenters. The smallest absolute Gasteiger partial charge is 0.233 e. The molecule has 0 aliphatic heterocycles. The first-order valence-corrected chi connectivity index (χ1v) is 9.31. The van der Waals surface area contributed by atoms with Gasteiger partial charge in [-0.15, -0.1) is 0 Å². The van der Waals surface area contributed by atoms with Crippen molar-refractivity contribution in [3.05, 3.63) is 11.5 Å². The van der Waals surface area contributed by atoms with Crippen LogP contribution in [0.3, 0.4) is 0 Å². The topological polar surface area (TPSA) is 55.4 Å². The third-order valence-corrected chi connectivity index (χ3v) is 6.35. The SMILES string of the molecule is CC=CS(=O)(=O)NCCOC12CC3CC(CC(C3)C1)C2. The Bertz CT molecular complexity index is 448. The average molecular weight is 299 g/mol. The minimum absolute atomic E-state index is 0.0702. The van der Waals surface area contributed by atoms with Crippen LogP contribution >= 0.6 is 0 Å². The van der Waals surface area contributed by atoms with E-state index in [0.29, 0.717) is 13.2 Å². The molecule has 4 rings (SSSR count). The highest BCUT2D eigenvalue weighted by molar-refractivity contribution is 7.92. The second kappa shape index (κ2) is 5.43. The Kier molecular flexibility index (Phi) is 3.95. The molecule has 4 aliphatic carbocycles. The molecule has 0 heterocycles. The normalized spacial score (nSPS) is 39.8. The van der Waals surface area contributed by atoms with Gasteiger partial charge in [0.15, 0.2) is 0 Å². The van der Waals surface area contributed by atoms with Gasteiger partial charge in [0, 0.05) is 12.0 Å². The van der Waals surface area contributed by atoms with Crippen molar-refractivity contribution in [1.82, 2.24) is 4.72 Å². The van der Waals surface area contributed by atoms with E-state index < -0.39 is 10.0 Å². The molecule has 0 aromatic rings. The van der Waals surface area contributed by atoms with Crippen molar-refractivity contribution < 1.29 is 13.2 Å². The predicted molar refractivity (Wildman–Crippen MR) is 78.6 cm³/mol. The van der Waals surface area contributed by atoms with Gasteiger partial charge in [-0.05, 0) is 63.2 Å². The predicted octanol–water partition coefficient (Wildman–Crippen LogP) is 2.42. The molecule has 4 fully saturated rings. The first kappa shape index (κ1) is 14.5. The van der Waals surface area contributed by atoms with E-state index in [2.05, 4.69) is 4.72 Å². The van der Waals surface area contributed by atoms with Crippen LogP contribution in [0.4, 0.5) is 0 Å². The number of rotatable bonds is 6. The lowest BCUT2D eigenvalue weighted by molar-refractivity contribution is -0.160. The molecule has 0 spiro atoms. The fourth-order valence-corrected chi connectivity index (χ4v) is 5.71. The molecule has 0 aromatic heterocycles. The third kappa shape index (κ3) is 3.10. The van der Waals surface area contributed by atoms with E-state index in [4.69, 9.17) is 4.74 Å². The van der Waals surface area contributed by atoms with Gasteiger partial charge < -0.3 is 4.74 Å². The highest BCUT2D eigenvalue weighted by atomic mass is 32.2. The van der Waals surface area contributed by atoms with E-state index in [0.717, 1.165) is 17.8 Å². The lowest BCUT2D eigenvalue weighted by Gasteiger charge is -2.56. The summed E-state index contributed by atoms with van der Waals surface area (Å²) in [6, 6.07) is 0. The van der Waals surface area contributed by atoms with Crippen LogP contribution in [0.2, 0.25) is 0 Å². The number of hydrogen-bond acceptors (Lipinski definition) is 3. The largest absolute Gasteiger partial charge is 0.374 e. The van der Waals surface area contributed by atoms with Gasteiger partial charge in [-0.2, -0.15) is 0 Å². The molecule has 4 saturated carbocycles. The molecular formula is C15H25NO3S. The van der Waals surface area contributed by atoms with Crippen molar-refractivity contribution >= 4 is 10.0 Å². The van der Waals surface area contributed by atoms with E-state index in [-0.39, 0.29) is 5.60 Å². The molecule has 4 bridgehead atoms. The maximum absolute atomic E-state index is 11.5. The Hall–Kier alpha value is -0.390. The van der Waals surface area contributed by atoms with Crippen LogP contribution in [0.1, 0.15) is 45.4 Å². The monoisotopic (exact) mass is 299 g/mol. The second-order valence-corrected chi connectivity index (χ2v) is 8.51. The highest BCUT2D eigenvalue weighted by Gasteiger charge is 2.51. The molecule has 0 amide bonds. The summed E-state index contributed by atoms with van der Waals surface area (Å²) in [5.41, 5.74) is 0.0702. The Balaban J connectivity index is 1.49. The van der Waals surface area contributed by atoms with Gasteiger partial charge in [0.2, 0.25) is 10.0 Å². The first-order chi connectivity index (χ1) is 9.50. The minimum Gasteiger partial charge on any atom is -0.374 e. The molecular weight excluding hydrogens is 274 g/mol. The second-order valence-electron chi connectivity index (χ2n) is 6.86. The van der Waals surface area contributed by atoms with Crippen molar-refractivity contribution in [2.75, 3.05) is 13.2 Å². The minimum atomic E-state index is -3.27. The van der Waals surface area contributed by atoms with Crippen LogP contribution in [0.25, 0.3) is 0 Å². The van der Waals surface area contributed by atoms with Crippen LogP contribution in [0.15, 0.2) is 11.5 Å². The van der Waals surface area contributed by atoms with Crippen LogP contribution in [0, 0.1) is 17.8 Å². The van der Waals surface area contributed by atoms with Gasteiger partial charge in [-0.25, -0.2) is 13.1 Å². The molecule has 20 heavy (non-hydrogen) atoms. The molecule has 0 aromatic carbocycles. The van der Waals surface area contributed by atoms with Gasteiger partial charge in [-0.3, -0.25) is 0 Å². The van der Waals surface area contributed by atoms with Crippen molar-refractivity contribution in [3.8, 4) is 0 Å². The summed E-state index contributed by atoms with van der Waals surface area (Å²) in [5, 5.41) is 1.19. The van der Waals surface area contributed by atoms with Gasteiger partial charge in [0.05, 0.1) is 12.2 Å². The lowest BCUT2D eigenvalue weighted by atomic mass is 9.54. The van der Waals surface area contributed by atoms with Crippen LogP contribution < -0.4 is 4.72 Å². The molecule has 4 aliphatic rings. The van der Waals surface area contributed by atoms with Crippen molar-refractivity contribution in [3.63, 3.8) is 0 Å². The molecule has 4 nitrogen and oxygen atoms in total. The van der Waals surface area contributed by atoms with E-state index in [1.165, 1.54) is 50.0 Å². The van der Waals surface area contributed by atoms with Gasteiger partial charge in [-0.1, -0.05) is 6.08 Å². The van der Waals surface area contributed by atoms with Crippen molar-refractivity contribution in [2.24, 2.45) is 17.8 Å². The third-order valence-electron chi connectivity index (χ3n) is 5.11. The van der Waals surface area contributed by atoms with Crippen LogP contribution in [-0.2, 0) is 14.8 Å². The number of ether oxygens (including phenoxy) is 1. The zero-order valence-electron chi connectivity index (χ0n) is 12.2. The molecule has 1 N–H and O–H groups in total. The summed E-state index contributed by atoms with van der Waals surface area (Å²) < 4.78 is 31.7. The maximum Gasteiger partial charge on any atom is 0.233 e. The fraction of sp³-hybridized carbons (Fsp3) is 0.867. The summed E-state index contributed by atoms with van der Waals surface area (Å²) in [5.74, 6) is 2.59. The van der Waals surface area contributed by atoms with Crippen LogP contribution in [-0.4, -0.2) is 27.2 Å². The average Bonchev–Trinajstić information content (AvgIpc) is 2.33. The maximum atomic E-state index is 11.5. The lowest BCUT2D eigenvalue weighted by Crippen LogP contribution is -2.52. The summed E-state index contributed by atoms with van der Waals surface area (Å²) in [6.45, 7) is 2.56. The number of nitrogens with one attached hydrogen (secondary N) is 1. The molecule has 0 unspecified atom stereocenters. The zero-order chi connectivity index (χ0) is 14.2. The van der Waals surface area contributed by atoms with Gasteiger partial charge in [0.1, 0.15) is 0 Å². The Morgan fingerprint density at radius 1 is 1.15 bits per heavy atom. The molecule has 0 saturated heterocycles. The summed E-state index contributed by atoms with van der Waals surface area (Å²) in [4.78, 5) is 0. The van der Waals surface area contributed by atoms with E-state index >= 15 is 0 Å².